The summed E-state index contributed by atoms with van der Waals surface area (Å²) in [5.41, 5.74) is 1.47. The van der Waals surface area contributed by atoms with Gasteiger partial charge in [0.05, 0.1) is 6.42 Å². The van der Waals surface area contributed by atoms with Crippen LogP contribution in [-0.2, 0) is 11.2 Å². The van der Waals surface area contributed by atoms with E-state index in [1.54, 1.807) is 24.3 Å². The van der Waals surface area contributed by atoms with Gasteiger partial charge in [-0.25, -0.2) is 4.39 Å². The molecule has 0 spiro atoms. The molecule has 0 heterocycles. The molecule has 0 radical (unpaired) electrons. The van der Waals surface area contributed by atoms with E-state index in [1.165, 1.54) is 24.3 Å². The first-order valence-corrected chi connectivity index (χ1v) is 5.67. The number of benzene rings is 2. The van der Waals surface area contributed by atoms with E-state index in [0.29, 0.717) is 16.7 Å². The first-order chi connectivity index (χ1) is 9.06. The van der Waals surface area contributed by atoms with Gasteiger partial charge in [0, 0.05) is 11.1 Å². The molecule has 1 N–H and O–H groups in total. The van der Waals surface area contributed by atoms with Gasteiger partial charge in [0.25, 0.3) is 0 Å². The van der Waals surface area contributed by atoms with Gasteiger partial charge in [-0.1, -0.05) is 24.3 Å². The average Bonchev–Trinajstić information content (AvgIpc) is 2.39. The Morgan fingerprint density at radius 3 is 1.84 bits per heavy atom. The Balaban J connectivity index is 2.20. The van der Waals surface area contributed by atoms with Crippen LogP contribution in [0.4, 0.5) is 4.39 Å². The highest BCUT2D eigenvalue weighted by Crippen LogP contribution is 2.12. The van der Waals surface area contributed by atoms with Crippen molar-refractivity contribution in [3.05, 3.63) is 71.0 Å². The molecule has 0 aliphatic heterocycles. The smallest absolute Gasteiger partial charge is 0.307 e. The Labute approximate surface area is 109 Å². The Morgan fingerprint density at radius 1 is 0.895 bits per heavy atom. The maximum absolute atomic E-state index is 12.8. The minimum atomic E-state index is -0.919. The third-order valence-corrected chi connectivity index (χ3v) is 2.68. The summed E-state index contributed by atoms with van der Waals surface area (Å²) in [5.74, 6) is -1.53. The summed E-state index contributed by atoms with van der Waals surface area (Å²) in [5, 5.41) is 8.65. The van der Waals surface area contributed by atoms with Gasteiger partial charge in [-0.15, -0.1) is 0 Å². The van der Waals surface area contributed by atoms with Crippen LogP contribution in [0, 0.1) is 5.82 Å². The predicted octanol–water partition coefficient (Wildman–Crippen LogP) is 2.68. The van der Waals surface area contributed by atoms with Gasteiger partial charge in [0.1, 0.15) is 5.82 Å². The Morgan fingerprint density at radius 2 is 1.37 bits per heavy atom. The van der Waals surface area contributed by atoms with Crippen LogP contribution in [0.2, 0.25) is 0 Å². The third kappa shape index (κ3) is 3.25. The fraction of sp³-hybridized carbons (Fsp3) is 0.0667. The lowest BCUT2D eigenvalue weighted by Gasteiger charge is -2.02. The summed E-state index contributed by atoms with van der Waals surface area (Å²) in [6.45, 7) is 0. The molecule has 19 heavy (non-hydrogen) atoms. The minimum Gasteiger partial charge on any atom is -0.481 e. The number of carbonyl (C=O) groups excluding carboxylic acids is 1. The molecule has 0 saturated heterocycles. The van der Waals surface area contributed by atoms with E-state index in [9.17, 15) is 14.0 Å². The lowest BCUT2D eigenvalue weighted by molar-refractivity contribution is -0.136. The molecule has 2 aromatic carbocycles. The molecule has 0 aromatic heterocycles. The van der Waals surface area contributed by atoms with Crippen molar-refractivity contribution in [1.29, 1.82) is 0 Å². The fourth-order valence-electron chi connectivity index (χ4n) is 1.72. The zero-order valence-electron chi connectivity index (χ0n) is 9.97. The van der Waals surface area contributed by atoms with Crippen molar-refractivity contribution in [2.75, 3.05) is 0 Å². The number of carbonyl (C=O) groups is 2. The maximum atomic E-state index is 12.8. The molecule has 0 amide bonds. The molecule has 4 heteroatoms. The van der Waals surface area contributed by atoms with E-state index >= 15 is 0 Å². The highest BCUT2D eigenvalue weighted by Gasteiger charge is 2.09. The number of carboxylic acid groups (broad SMARTS) is 1. The molecule has 3 nitrogen and oxygen atoms in total. The largest absolute Gasteiger partial charge is 0.481 e. The van der Waals surface area contributed by atoms with Crippen molar-refractivity contribution in [2.45, 2.75) is 6.42 Å². The zero-order valence-corrected chi connectivity index (χ0v) is 9.97. The van der Waals surface area contributed by atoms with Crippen LogP contribution in [0.3, 0.4) is 0 Å². The van der Waals surface area contributed by atoms with Gasteiger partial charge in [-0.05, 0) is 29.8 Å². The van der Waals surface area contributed by atoms with E-state index < -0.39 is 11.8 Å². The first-order valence-electron chi connectivity index (χ1n) is 5.67. The molecule has 0 aliphatic rings. The quantitative estimate of drug-likeness (QED) is 0.858. The van der Waals surface area contributed by atoms with Crippen LogP contribution in [-0.4, -0.2) is 16.9 Å². The maximum Gasteiger partial charge on any atom is 0.307 e. The molecule has 0 unspecified atom stereocenters. The second-order valence-corrected chi connectivity index (χ2v) is 4.10. The molecular weight excluding hydrogens is 247 g/mol. The van der Waals surface area contributed by atoms with Crippen LogP contribution in [0.25, 0.3) is 0 Å². The van der Waals surface area contributed by atoms with Gasteiger partial charge in [-0.2, -0.15) is 0 Å². The normalized spacial score (nSPS) is 10.2. The number of rotatable bonds is 4. The summed E-state index contributed by atoms with van der Waals surface area (Å²) in [4.78, 5) is 22.6. The number of hydrogen-bond donors (Lipinski definition) is 1. The SMILES string of the molecule is O=C(O)Cc1ccc(C(=O)c2ccc(F)cc2)cc1. The molecule has 0 saturated carbocycles. The zero-order chi connectivity index (χ0) is 13.8. The topological polar surface area (TPSA) is 54.4 Å². The summed E-state index contributed by atoms with van der Waals surface area (Å²) >= 11 is 0. The number of hydrogen-bond acceptors (Lipinski definition) is 2. The highest BCUT2D eigenvalue weighted by molar-refractivity contribution is 6.08. The van der Waals surface area contributed by atoms with Crippen molar-refractivity contribution in [2.24, 2.45) is 0 Å². The van der Waals surface area contributed by atoms with Gasteiger partial charge < -0.3 is 5.11 Å². The molecule has 0 fully saturated rings. The van der Waals surface area contributed by atoms with Crippen molar-refractivity contribution < 1.29 is 19.1 Å². The Hall–Kier alpha value is -2.49. The summed E-state index contributed by atoms with van der Waals surface area (Å²) in [7, 11) is 0. The average molecular weight is 258 g/mol. The third-order valence-electron chi connectivity index (χ3n) is 2.68. The molecule has 2 rings (SSSR count). The number of halogens is 1. The summed E-state index contributed by atoms with van der Waals surface area (Å²) in [6.07, 6.45) is -0.0784. The Kier molecular flexibility index (Phi) is 3.71. The van der Waals surface area contributed by atoms with Gasteiger partial charge in [0.2, 0.25) is 0 Å². The summed E-state index contributed by atoms with van der Waals surface area (Å²) in [6, 6.07) is 11.6. The van der Waals surface area contributed by atoms with Gasteiger partial charge in [0.15, 0.2) is 5.78 Å². The van der Waals surface area contributed by atoms with Crippen molar-refractivity contribution in [3.63, 3.8) is 0 Å². The standard InChI is InChI=1S/C15H11FO3/c16-13-7-5-12(6-8-13)15(19)11-3-1-10(2-4-11)9-14(17)18/h1-8H,9H2,(H,17,18). The van der Waals surface area contributed by atoms with E-state index in [1.807, 2.05) is 0 Å². The van der Waals surface area contributed by atoms with Gasteiger partial charge >= 0.3 is 5.97 Å². The molecule has 2 aromatic rings. The van der Waals surface area contributed by atoms with Crippen LogP contribution < -0.4 is 0 Å². The molecule has 0 atom stereocenters. The molecule has 96 valence electrons. The fourth-order valence-corrected chi connectivity index (χ4v) is 1.72. The summed E-state index contributed by atoms with van der Waals surface area (Å²) < 4.78 is 12.8. The molecule has 0 aliphatic carbocycles. The second kappa shape index (κ2) is 5.44. The number of ketones is 1. The van der Waals surface area contributed by atoms with Crippen molar-refractivity contribution in [1.82, 2.24) is 0 Å². The van der Waals surface area contributed by atoms with E-state index in [2.05, 4.69) is 0 Å². The van der Waals surface area contributed by atoms with E-state index in [4.69, 9.17) is 5.11 Å². The van der Waals surface area contributed by atoms with Crippen molar-refractivity contribution in [3.8, 4) is 0 Å². The van der Waals surface area contributed by atoms with Crippen LogP contribution in [0.5, 0.6) is 0 Å². The van der Waals surface area contributed by atoms with Gasteiger partial charge in [-0.3, -0.25) is 9.59 Å². The lowest BCUT2D eigenvalue weighted by atomic mass is 10.0. The molecular formula is C15H11FO3. The van der Waals surface area contributed by atoms with E-state index in [-0.39, 0.29) is 12.2 Å². The first kappa shape index (κ1) is 13.0. The number of aliphatic carboxylic acids is 1. The van der Waals surface area contributed by atoms with Crippen LogP contribution >= 0.6 is 0 Å². The molecule has 0 bridgehead atoms. The predicted molar refractivity (Wildman–Crippen MR) is 67.6 cm³/mol. The van der Waals surface area contributed by atoms with Crippen LogP contribution in [0.15, 0.2) is 48.5 Å². The van der Waals surface area contributed by atoms with E-state index in [0.717, 1.165) is 0 Å². The highest BCUT2D eigenvalue weighted by atomic mass is 19.1. The lowest BCUT2D eigenvalue weighted by Crippen LogP contribution is -2.03. The second-order valence-electron chi connectivity index (χ2n) is 4.10. The van der Waals surface area contributed by atoms with Crippen molar-refractivity contribution >= 4 is 11.8 Å². The number of carboxylic acids is 1. The Bertz CT molecular complexity index is 600. The van der Waals surface area contributed by atoms with Crippen LogP contribution in [0.1, 0.15) is 21.5 Å². The monoisotopic (exact) mass is 258 g/mol. The minimum absolute atomic E-state index is 0.0784.